The number of halogens is 1. The van der Waals surface area contributed by atoms with Gasteiger partial charge in [-0.15, -0.1) is 0 Å². The molecule has 0 amide bonds. The topological polar surface area (TPSA) is 0 Å². The fourth-order valence-electron chi connectivity index (χ4n) is 1.16. The van der Waals surface area contributed by atoms with Crippen LogP contribution in [-0.4, -0.2) is 8.11 Å². The monoisotopic (exact) mass is 184 g/mol. The quantitative estimate of drug-likeness (QED) is 0.489. The molecule has 0 aliphatic carbocycles. The van der Waals surface area contributed by atoms with E-state index in [1.54, 1.807) is 0 Å². The van der Waals surface area contributed by atoms with Crippen molar-refractivity contribution in [2.75, 3.05) is 0 Å². The van der Waals surface area contributed by atoms with Crippen LogP contribution in [0.2, 0.25) is 6.04 Å². The summed E-state index contributed by atoms with van der Waals surface area (Å²) in [6, 6.07) is 9.55. The smallest absolute Gasteiger partial charge is 0.166 e. The molecule has 0 aliphatic rings. The van der Waals surface area contributed by atoms with Crippen molar-refractivity contribution in [2.45, 2.75) is 19.9 Å². The first-order chi connectivity index (χ1) is 5.25. The van der Waals surface area contributed by atoms with E-state index in [1.165, 1.54) is 10.8 Å². The van der Waals surface area contributed by atoms with Gasteiger partial charge in [-0.25, -0.2) is 0 Å². The van der Waals surface area contributed by atoms with Crippen LogP contribution in [-0.2, 0) is 0 Å². The second kappa shape index (κ2) is 3.93. The number of hydrogen-bond acceptors (Lipinski definition) is 0. The van der Waals surface area contributed by atoms with Gasteiger partial charge in [0.25, 0.3) is 0 Å². The standard InChI is InChI=1S/C9H13ClSi/c1-3-11(10)9-7-5-4-6-8(9)2/h4-7,11H,3H2,1-2H3. The molecule has 1 rings (SSSR count). The summed E-state index contributed by atoms with van der Waals surface area (Å²) in [6.45, 7) is 4.30. The number of rotatable bonds is 2. The molecule has 0 aliphatic heterocycles. The van der Waals surface area contributed by atoms with Gasteiger partial charge in [0.2, 0.25) is 0 Å². The fraction of sp³-hybridized carbons (Fsp3) is 0.333. The summed E-state index contributed by atoms with van der Waals surface area (Å²) in [6.07, 6.45) is 0. The van der Waals surface area contributed by atoms with Crippen LogP contribution in [0.1, 0.15) is 12.5 Å². The number of benzene rings is 1. The van der Waals surface area contributed by atoms with Crippen LogP contribution in [0.25, 0.3) is 0 Å². The van der Waals surface area contributed by atoms with Crippen LogP contribution in [0.15, 0.2) is 24.3 Å². The first kappa shape index (κ1) is 8.82. The van der Waals surface area contributed by atoms with Crippen molar-refractivity contribution in [1.29, 1.82) is 0 Å². The van der Waals surface area contributed by atoms with Crippen molar-refractivity contribution in [3.8, 4) is 0 Å². The van der Waals surface area contributed by atoms with Gasteiger partial charge < -0.3 is 0 Å². The van der Waals surface area contributed by atoms with Crippen LogP contribution in [0, 0.1) is 6.92 Å². The second-order valence-electron chi connectivity index (χ2n) is 2.73. The molecule has 0 heterocycles. The van der Waals surface area contributed by atoms with Crippen molar-refractivity contribution < 1.29 is 0 Å². The van der Waals surface area contributed by atoms with Crippen LogP contribution in [0.4, 0.5) is 0 Å². The molecule has 11 heavy (non-hydrogen) atoms. The maximum atomic E-state index is 6.23. The Balaban J connectivity index is 2.93. The average Bonchev–Trinajstić information content (AvgIpc) is 2.04. The maximum Gasteiger partial charge on any atom is 0.171 e. The Morgan fingerprint density at radius 3 is 2.55 bits per heavy atom. The molecular weight excluding hydrogens is 172 g/mol. The summed E-state index contributed by atoms with van der Waals surface area (Å²) in [5.41, 5.74) is 1.35. The zero-order valence-electron chi connectivity index (χ0n) is 6.97. The van der Waals surface area contributed by atoms with Gasteiger partial charge in [0.1, 0.15) is 0 Å². The molecule has 0 spiro atoms. The predicted molar refractivity (Wildman–Crippen MR) is 54.3 cm³/mol. The van der Waals surface area contributed by atoms with E-state index in [-0.39, 0.29) is 0 Å². The molecule has 60 valence electrons. The van der Waals surface area contributed by atoms with E-state index in [2.05, 4.69) is 38.1 Å². The van der Waals surface area contributed by atoms with Crippen LogP contribution >= 0.6 is 11.1 Å². The molecule has 1 aromatic rings. The van der Waals surface area contributed by atoms with Gasteiger partial charge in [0.15, 0.2) is 8.11 Å². The summed E-state index contributed by atoms with van der Waals surface area (Å²) in [7, 11) is -1.11. The number of hydrogen-bond donors (Lipinski definition) is 0. The van der Waals surface area contributed by atoms with Gasteiger partial charge in [-0.05, 0) is 18.2 Å². The minimum absolute atomic E-state index is 1.11. The maximum absolute atomic E-state index is 6.23. The van der Waals surface area contributed by atoms with E-state index >= 15 is 0 Å². The SMILES string of the molecule is CC[SiH](Cl)c1ccccc1C. The highest BCUT2D eigenvalue weighted by Crippen LogP contribution is 2.02. The number of aryl methyl sites for hydroxylation is 1. The van der Waals surface area contributed by atoms with Crippen molar-refractivity contribution in [3.63, 3.8) is 0 Å². The second-order valence-corrected chi connectivity index (χ2v) is 6.69. The van der Waals surface area contributed by atoms with E-state index in [0.717, 1.165) is 6.04 Å². The Bertz CT molecular complexity index is 235. The highest BCUT2D eigenvalue weighted by atomic mass is 35.6. The molecule has 0 N–H and O–H groups in total. The Labute approximate surface area is 74.5 Å². The first-order valence-electron chi connectivity index (χ1n) is 3.95. The lowest BCUT2D eigenvalue weighted by Gasteiger charge is -2.07. The molecule has 1 unspecified atom stereocenters. The van der Waals surface area contributed by atoms with Gasteiger partial charge in [0.05, 0.1) is 0 Å². The van der Waals surface area contributed by atoms with Crippen molar-refractivity contribution in [3.05, 3.63) is 29.8 Å². The molecular formula is C9H13ClSi. The summed E-state index contributed by atoms with van der Waals surface area (Å²) in [5, 5.41) is 1.40. The molecule has 0 nitrogen and oxygen atoms in total. The Morgan fingerprint density at radius 1 is 1.36 bits per heavy atom. The van der Waals surface area contributed by atoms with Crippen LogP contribution in [0.3, 0.4) is 0 Å². The molecule has 0 bridgehead atoms. The molecule has 0 saturated heterocycles. The molecule has 2 heteroatoms. The van der Waals surface area contributed by atoms with Crippen molar-refractivity contribution in [2.24, 2.45) is 0 Å². The van der Waals surface area contributed by atoms with Gasteiger partial charge in [-0.2, -0.15) is 11.1 Å². The normalized spacial score (nSPS) is 13.0. The van der Waals surface area contributed by atoms with Gasteiger partial charge >= 0.3 is 0 Å². The summed E-state index contributed by atoms with van der Waals surface area (Å²) in [4.78, 5) is 0. The van der Waals surface area contributed by atoms with E-state index in [1.807, 2.05) is 0 Å². The lowest BCUT2D eigenvalue weighted by molar-refractivity contribution is 1.43. The minimum atomic E-state index is -1.11. The van der Waals surface area contributed by atoms with Crippen LogP contribution in [0.5, 0.6) is 0 Å². The van der Waals surface area contributed by atoms with Gasteiger partial charge in [0, 0.05) is 0 Å². The Kier molecular flexibility index (Phi) is 3.15. The lowest BCUT2D eigenvalue weighted by Crippen LogP contribution is -2.25. The van der Waals surface area contributed by atoms with E-state index < -0.39 is 8.11 Å². The Morgan fingerprint density at radius 2 is 2.00 bits per heavy atom. The van der Waals surface area contributed by atoms with Gasteiger partial charge in [-0.3, -0.25) is 0 Å². The Hall–Kier alpha value is -0.273. The van der Waals surface area contributed by atoms with Crippen molar-refractivity contribution in [1.82, 2.24) is 0 Å². The van der Waals surface area contributed by atoms with Crippen molar-refractivity contribution >= 4 is 24.4 Å². The van der Waals surface area contributed by atoms with E-state index in [9.17, 15) is 0 Å². The largest absolute Gasteiger partial charge is 0.171 e. The first-order valence-corrected chi connectivity index (χ1v) is 7.09. The third kappa shape index (κ3) is 2.08. The summed E-state index contributed by atoms with van der Waals surface area (Å²) in [5.74, 6) is 0. The molecule has 0 saturated carbocycles. The average molecular weight is 185 g/mol. The molecule has 0 radical (unpaired) electrons. The molecule has 0 fully saturated rings. The lowest BCUT2D eigenvalue weighted by atomic mass is 10.2. The third-order valence-corrected chi connectivity index (χ3v) is 5.56. The molecule has 0 aromatic heterocycles. The summed E-state index contributed by atoms with van der Waals surface area (Å²) >= 11 is 6.23. The highest BCUT2D eigenvalue weighted by Gasteiger charge is 2.08. The fourth-order valence-corrected chi connectivity index (χ4v) is 3.24. The van der Waals surface area contributed by atoms with Gasteiger partial charge in [-0.1, -0.05) is 36.8 Å². The predicted octanol–water partition coefficient (Wildman–Crippen LogP) is 2.18. The van der Waals surface area contributed by atoms with E-state index in [4.69, 9.17) is 11.1 Å². The van der Waals surface area contributed by atoms with Crippen LogP contribution < -0.4 is 5.19 Å². The zero-order chi connectivity index (χ0) is 8.27. The molecule has 1 atom stereocenters. The molecule has 1 aromatic carbocycles. The minimum Gasteiger partial charge on any atom is -0.166 e. The summed E-state index contributed by atoms with van der Waals surface area (Å²) < 4.78 is 0. The van der Waals surface area contributed by atoms with E-state index in [0.29, 0.717) is 0 Å². The highest BCUT2D eigenvalue weighted by molar-refractivity contribution is 7.14. The zero-order valence-corrected chi connectivity index (χ0v) is 8.88. The third-order valence-electron chi connectivity index (χ3n) is 1.88.